The molecule has 21 heavy (non-hydrogen) atoms. The topological polar surface area (TPSA) is 80.3 Å². The van der Waals surface area contributed by atoms with E-state index in [2.05, 4.69) is 15.6 Å². The highest BCUT2D eigenvalue weighted by atomic mass is 16.5. The molecule has 1 aromatic heterocycles. The van der Waals surface area contributed by atoms with Gasteiger partial charge in [-0.1, -0.05) is 18.2 Å². The molecule has 0 unspecified atom stereocenters. The zero-order valence-electron chi connectivity index (χ0n) is 11.1. The Hall–Kier alpha value is -2.89. The molecule has 0 atom stereocenters. The number of benzene rings is 1. The lowest BCUT2D eigenvalue weighted by Gasteiger charge is -2.08. The van der Waals surface area contributed by atoms with Crippen molar-refractivity contribution in [3.05, 3.63) is 48.2 Å². The number of carbonyl (C=O) groups is 2. The van der Waals surface area contributed by atoms with Gasteiger partial charge in [0.15, 0.2) is 6.61 Å². The molecule has 0 bridgehead atoms. The third-order valence-electron chi connectivity index (χ3n) is 2.97. The van der Waals surface area contributed by atoms with E-state index in [0.717, 1.165) is 5.56 Å². The van der Waals surface area contributed by atoms with Gasteiger partial charge in [-0.2, -0.15) is 0 Å². The summed E-state index contributed by atoms with van der Waals surface area (Å²) in [5.41, 5.74) is 1.33. The largest absolute Gasteiger partial charge is 0.484 e. The fraction of sp³-hybridized carbons (Fsp3) is 0.133. The van der Waals surface area contributed by atoms with Crippen LogP contribution in [0.1, 0.15) is 5.56 Å². The van der Waals surface area contributed by atoms with Crippen LogP contribution in [-0.4, -0.2) is 23.4 Å². The molecule has 1 aliphatic heterocycles. The van der Waals surface area contributed by atoms with E-state index >= 15 is 0 Å². The maximum absolute atomic E-state index is 11.8. The molecule has 0 saturated carbocycles. The van der Waals surface area contributed by atoms with Gasteiger partial charge in [-0.3, -0.25) is 9.59 Å². The minimum absolute atomic E-state index is 0.0850. The van der Waals surface area contributed by atoms with Crippen molar-refractivity contribution < 1.29 is 14.3 Å². The zero-order chi connectivity index (χ0) is 14.7. The van der Waals surface area contributed by atoms with Crippen LogP contribution >= 0.6 is 0 Å². The number of anilines is 2. The minimum atomic E-state index is -0.280. The van der Waals surface area contributed by atoms with Crippen LogP contribution < -0.4 is 15.4 Å². The van der Waals surface area contributed by atoms with Gasteiger partial charge < -0.3 is 15.4 Å². The number of rotatable bonds is 4. The first-order valence-corrected chi connectivity index (χ1v) is 6.47. The first-order valence-electron chi connectivity index (χ1n) is 6.47. The van der Waals surface area contributed by atoms with Gasteiger partial charge in [-0.05, 0) is 18.2 Å². The van der Waals surface area contributed by atoms with Crippen LogP contribution in [0.2, 0.25) is 0 Å². The number of carbonyl (C=O) groups excluding carboxylic acids is 2. The summed E-state index contributed by atoms with van der Waals surface area (Å²) in [6, 6.07) is 10.8. The van der Waals surface area contributed by atoms with Crippen LogP contribution in [0.5, 0.6) is 5.75 Å². The Morgan fingerprint density at radius 2 is 2.14 bits per heavy atom. The summed E-state index contributed by atoms with van der Waals surface area (Å²) in [5, 5.41) is 5.33. The number of nitrogens with one attached hydrogen (secondary N) is 2. The van der Waals surface area contributed by atoms with E-state index in [1.807, 2.05) is 18.2 Å². The normalized spacial score (nSPS) is 12.5. The number of ether oxygens (including phenoxy) is 1. The Bertz CT molecular complexity index is 686. The Morgan fingerprint density at radius 3 is 2.95 bits per heavy atom. The van der Waals surface area contributed by atoms with Crippen molar-refractivity contribution in [2.24, 2.45) is 0 Å². The summed E-state index contributed by atoms with van der Waals surface area (Å²) >= 11 is 0. The predicted molar refractivity (Wildman–Crippen MR) is 77.1 cm³/mol. The summed E-state index contributed by atoms with van der Waals surface area (Å²) < 4.78 is 5.35. The summed E-state index contributed by atoms with van der Waals surface area (Å²) in [6.45, 7) is -0.0850. The van der Waals surface area contributed by atoms with Crippen molar-refractivity contribution in [2.45, 2.75) is 6.42 Å². The molecular weight excluding hydrogens is 270 g/mol. The lowest BCUT2D eigenvalue weighted by atomic mass is 10.2. The molecule has 2 aromatic rings. The second kappa shape index (κ2) is 5.62. The molecule has 2 heterocycles. The molecule has 2 N–H and O–H groups in total. The average Bonchev–Trinajstić information content (AvgIpc) is 2.85. The van der Waals surface area contributed by atoms with Gasteiger partial charge in [0.05, 0.1) is 18.3 Å². The van der Waals surface area contributed by atoms with Crippen LogP contribution in [-0.2, 0) is 16.0 Å². The number of para-hydroxylation sites is 1. The summed E-state index contributed by atoms with van der Waals surface area (Å²) in [7, 11) is 0. The van der Waals surface area contributed by atoms with E-state index in [-0.39, 0.29) is 24.8 Å². The quantitative estimate of drug-likeness (QED) is 0.893. The molecule has 2 amide bonds. The summed E-state index contributed by atoms with van der Waals surface area (Å²) in [4.78, 5) is 27.1. The monoisotopic (exact) mass is 283 g/mol. The van der Waals surface area contributed by atoms with E-state index in [1.165, 1.54) is 6.20 Å². The highest BCUT2D eigenvalue weighted by molar-refractivity contribution is 5.99. The second-order valence-corrected chi connectivity index (χ2v) is 4.61. The van der Waals surface area contributed by atoms with Crippen molar-refractivity contribution in [2.75, 3.05) is 17.2 Å². The average molecular weight is 283 g/mol. The number of hydrogen-bond donors (Lipinski definition) is 2. The van der Waals surface area contributed by atoms with E-state index in [4.69, 9.17) is 4.74 Å². The molecule has 1 aromatic carbocycles. The van der Waals surface area contributed by atoms with E-state index < -0.39 is 0 Å². The second-order valence-electron chi connectivity index (χ2n) is 4.61. The Labute approximate surface area is 121 Å². The van der Waals surface area contributed by atoms with Crippen molar-refractivity contribution in [3.8, 4) is 5.75 Å². The fourth-order valence-electron chi connectivity index (χ4n) is 2.04. The van der Waals surface area contributed by atoms with Gasteiger partial charge in [-0.15, -0.1) is 0 Å². The molecule has 0 spiro atoms. The molecule has 3 rings (SSSR count). The molecule has 6 nitrogen and oxygen atoms in total. The van der Waals surface area contributed by atoms with Crippen LogP contribution in [0.25, 0.3) is 0 Å². The highest BCUT2D eigenvalue weighted by Crippen LogP contribution is 2.23. The molecule has 106 valence electrons. The number of hydrogen-bond acceptors (Lipinski definition) is 4. The first kappa shape index (κ1) is 13.1. The lowest BCUT2D eigenvalue weighted by molar-refractivity contribution is -0.118. The van der Waals surface area contributed by atoms with Crippen LogP contribution in [0.4, 0.5) is 11.5 Å². The fourth-order valence-corrected chi connectivity index (χ4v) is 2.04. The standard InChI is InChI=1S/C15H13N3O3/c19-13-7-10-6-11(8-16-15(10)18-13)17-14(20)9-21-12-4-2-1-3-5-12/h1-6,8H,7,9H2,(H,17,20)(H,16,18,19). The Kier molecular flexibility index (Phi) is 3.51. The lowest BCUT2D eigenvalue weighted by Crippen LogP contribution is -2.20. The first-order chi connectivity index (χ1) is 10.2. The van der Waals surface area contributed by atoms with Gasteiger partial charge in [0, 0.05) is 5.56 Å². The third-order valence-corrected chi connectivity index (χ3v) is 2.97. The van der Waals surface area contributed by atoms with Crippen molar-refractivity contribution >= 4 is 23.3 Å². The smallest absolute Gasteiger partial charge is 0.262 e. The Morgan fingerprint density at radius 1 is 1.33 bits per heavy atom. The Balaban J connectivity index is 1.58. The third kappa shape index (κ3) is 3.17. The summed E-state index contributed by atoms with van der Waals surface area (Å²) in [6.07, 6.45) is 1.79. The minimum Gasteiger partial charge on any atom is -0.484 e. The summed E-state index contributed by atoms with van der Waals surface area (Å²) in [5.74, 6) is 0.819. The predicted octanol–water partition coefficient (Wildman–Crippen LogP) is 1.59. The number of fused-ring (bicyclic) bond motifs is 1. The molecule has 0 saturated heterocycles. The maximum atomic E-state index is 11.8. The highest BCUT2D eigenvalue weighted by Gasteiger charge is 2.19. The molecule has 0 fully saturated rings. The number of aromatic nitrogens is 1. The van der Waals surface area contributed by atoms with E-state index in [9.17, 15) is 9.59 Å². The van der Waals surface area contributed by atoms with Crippen molar-refractivity contribution in [1.82, 2.24) is 4.98 Å². The van der Waals surface area contributed by atoms with Gasteiger partial charge in [-0.25, -0.2) is 4.98 Å². The van der Waals surface area contributed by atoms with E-state index in [1.54, 1.807) is 18.2 Å². The maximum Gasteiger partial charge on any atom is 0.262 e. The SMILES string of the molecule is O=C(COc1ccccc1)Nc1cnc2c(c1)CC(=O)N2. The molecular formula is C15H13N3O3. The van der Waals surface area contributed by atoms with Crippen LogP contribution in [0.15, 0.2) is 42.6 Å². The number of nitrogens with zero attached hydrogens (tertiary/aromatic N) is 1. The van der Waals surface area contributed by atoms with Crippen LogP contribution in [0, 0.1) is 0 Å². The van der Waals surface area contributed by atoms with Gasteiger partial charge >= 0.3 is 0 Å². The molecule has 1 aliphatic rings. The van der Waals surface area contributed by atoms with Crippen molar-refractivity contribution in [3.63, 3.8) is 0 Å². The number of pyridine rings is 1. The molecule has 6 heteroatoms. The molecule has 0 aliphatic carbocycles. The van der Waals surface area contributed by atoms with Gasteiger partial charge in [0.2, 0.25) is 5.91 Å². The van der Waals surface area contributed by atoms with Crippen molar-refractivity contribution in [1.29, 1.82) is 0 Å². The number of amides is 2. The van der Waals surface area contributed by atoms with Gasteiger partial charge in [0.25, 0.3) is 5.91 Å². The van der Waals surface area contributed by atoms with Crippen LogP contribution in [0.3, 0.4) is 0 Å². The molecule has 0 radical (unpaired) electrons. The van der Waals surface area contributed by atoms with E-state index in [0.29, 0.717) is 17.3 Å². The zero-order valence-corrected chi connectivity index (χ0v) is 11.1. The van der Waals surface area contributed by atoms with Gasteiger partial charge in [0.1, 0.15) is 11.6 Å².